The number of nitrogens with one attached hydrogen (secondary N) is 1. The lowest BCUT2D eigenvalue weighted by atomic mass is 9.80. The summed E-state index contributed by atoms with van der Waals surface area (Å²) in [7, 11) is 0. The predicted octanol–water partition coefficient (Wildman–Crippen LogP) is 5.01. The molecule has 0 aliphatic heterocycles. The van der Waals surface area contributed by atoms with Crippen molar-refractivity contribution in [2.45, 2.75) is 56.9 Å². The lowest BCUT2D eigenvalue weighted by Gasteiger charge is -2.35. The summed E-state index contributed by atoms with van der Waals surface area (Å²) in [5.74, 6) is -0.672. The molecule has 1 aliphatic rings. The minimum atomic E-state index is -5.04. The fourth-order valence-electron chi connectivity index (χ4n) is 3.43. The number of hydrogen-bond donors (Lipinski definition) is 1. The highest BCUT2D eigenvalue weighted by atomic mass is 19.4. The molecule has 0 saturated heterocycles. The summed E-state index contributed by atoms with van der Waals surface area (Å²) in [5.41, 5.74) is -4.95. The van der Waals surface area contributed by atoms with Crippen LogP contribution in [0.15, 0.2) is 22.7 Å². The molecule has 29 heavy (non-hydrogen) atoms. The molecule has 1 aliphatic carbocycles. The van der Waals surface area contributed by atoms with Gasteiger partial charge in [0.15, 0.2) is 5.82 Å². The van der Waals surface area contributed by atoms with Crippen molar-refractivity contribution in [3.63, 3.8) is 0 Å². The Morgan fingerprint density at radius 1 is 1.00 bits per heavy atom. The van der Waals surface area contributed by atoms with Gasteiger partial charge in [0.2, 0.25) is 5.89 Å². The van der Waals surface area contributed by atoms with Gasteiger partial charge in [0, 0.05) is 12.5 Å². The minimum absolute atomic E-state index is 0.0182. The summed E-state index contributed by atoms with van der Waals surface area (Å²) in [6.07, 6.45) is -7.05. The van der Waals surface area contributed by atoms with Gasteiger partial charge in [0.1, 0.15) is 5.54 Å². The summed E-state index contributed by atoms with van der Waals surface area (Å²) < 4.78 is 83.4. The van der Waals surface area contributed by atoms with Crippen molar-refractivity contribution in [2.24, 2.45) is 0 Å². The molecular formula is C18H17F6N3O2. The van der Waals surface area contributed by atoms with Crippen LogP contribution in [-0.4, -0.2) is 16.0 Å². The Bertz CT molecular complexity index is 865. The fourth-order valence-corrected chi connectivity index (χ4v) is 3.43. The molecule has 11 heteroatoms. The van der Waals surface area contributed by atoms with Gasteiger partial charge in [-0.25, -0.2) is 0 Å². The van der Waals surface area contributed by atoms with E-state index in [1.54, 1.807) is 0 Å². The normalized spacial score (nSPS) is 17.2. The van der Waals surface area contributed by atoms with E-state index in [4.69, 9.17) is 4.52 Å². The smallest absolute Gasteiger partial charge is 0.340 e. The van der Waals surface area contributed by atoms with Crippen molar-refractivity contribution in [1.82, 2.24) is 15.5 Å². The minimum Gasteiger partial charge on any atom is -0.340 e. The van der Waals surface area contributed by atoms with Gasteiger partial charge in [-0.2, -0.15) is 31.3 Å². The number of rotatable bonds is 3. The number of carbonyl (C=O) groups is 1. The van der Waals surface area contributed by atoms with Gasteiger partial charge >= 0.3 is 12.4 Å². The van der Waals surface area contributed by atoms with Crippen molar-refractivity contribution in [2.75, 3.05) is 0 Å². The van der Waals surface area contributed by atoms with Gasteiger partial charge < -0.3 is 9.84 Å². The number of carbonyl (C=O) groups excluding carboxylic acids is 1. The van der Waals surface area contributed by atoms with Crippen LogP contribution in [0.25, 0.3) is 0 Å². The molecule has 0 spiro atoms. The molecule has 1 heterocycles. The fraction of sp³-hybridized carbons (Fsp3) is 0.500. The second-order valence-corrected chi connectivity index (χ2v) is 7.03. The van der Waals surface area contributed by atoms with E-state index in [0.717, 1.165) is 6.42 Å². The third-order valence-electron chi connectivity index (χ3n) is 4.87. The Kier molecular flexibility index (Phi) is 5.35. The van der Waals surface area contributed by atoms with Crippen molar-refractivity contribution < 1.29 is 35.7 Å². The average molecular weight is 421 g/mol. The van der Waals surface area contributed by atoms with Gasteiger partial charge in [-0.3, -0.25) is 4.79 Å². The molecule has 1 amide bonds. The Balaban J connectivity index is 2.00. The summed E-state index contributed by atoms with van der Waals surface area (Å²) >= 11 is 0. The molecule has 1 aromatic carbocycles. The zero-order chi connectivity index (χ0) is 21.4. The molecule has 1 N–H and O–H groups in total. The van der Waals surface area contributed by atoms with Gasteiger partial charge in [-0.05, 0) is 31.0 Å². The van der Waals surface area contributed by atoms with Crippen molar-refractivity contribution in [1.29, 1.82) is 0 Å². The van der Waals surface area contributed by atoms with Crippen LogP contribution < -0.4 is 5.32 Å². The predicted molar refractivity (Wildman–Crippen MR) is 87.7 cm³/mol. The maximum absolute atomic E-state index is 13.1. The van der Waals surface area contributed by atoms with Gasteiger partial charge in [-0.15, -0.1) is 0 Å². The molecule has 2 aromatic rings. The molecule has 1 fully saturated rings. The first-order valence-electron chi connectivity index (χ1n) is 8.83. The number of benzene rings is 1. The largest absolute Gasteiger partial charge is 0.416 e. The third-order valence-corrected chi connectivity index (χ3v) is 4.87. The number of halogens is 6. The van der Waals surface area contributed by atoms with Crippen molar-refractivity contribution in [3.05, 3.63) is 46.6 Å². The van der Waals surface area contributed by atoms with E-state index in [1.165, 1.54) is 6.92 Å². The van der Waals surface area contributed by atoms with Crippen LogP contribution in [0.3, 0.4) is 0 Å². The Morgan fingerprint density at radius 2 is 1.55 bits per heavy atom. The standard InChI is InChI=1S/C18H17F6N3O2/c1-10-25-15(27-29-10)16(5-3-2-4-6-16)26-14(28)11-7-12(17(19,20)21)9-13(8-11)18(22,23)24/h7-9H,2-6H2,1H3,(H,26,28). The van der Waals surface area contributed by atoms with E-state index < -0.39 is 40.5 Å². The number of aryl methyl sites for hydroxylation is 1. The summed E-state index contributed by atoms with van der Waals surface area (Å²) in [6.45, 7) is 1.54. The highest BCUT2D eigenvalue weighted by Gasteiger charge is 2.41. The van der Waals surface area contributed by atoms with Gasteiger partial charge in [0.05, 0.1) is 11.1 Å². The molecule has 0 bridgehead atoms. The molecule has 1 saturated carbocycles. The van der Waals surface area contributed by atoms with Gasteiger partial charge in [0.25, 0.3) is 5.91 Å². The summed E-state index contributed by atoms with van der Waals surface area (Å²) in [6, 6.07) is 0.793. The second-order valence-electron chi connectivity index (χ2n) is 7.03. The first kappa shape index (κ1) is 21.1. The first-order chi connectivity index (χ1) is 13.4. The molecule has 158 valence electrons. The van der Waals surface area contributed by atoms with Crippen LogP contribution >= 0.6 is 0 Å². The highest BCUT2D eigenvalue weighted by molar-refractivity contribution is 5.95. The SMILES string of the molecule is Cc1nc(C2(NC(=O)c3cc(C(F)(F)F)cc(C(F)(F)F)c3)CCCCC2)no1. The molecule has 3 rings (SSSR count). The monoisotopic (exact) mass is 421 g/mol. The van der Waals surface area contributed by atoms with Crippen molar-refractivity contribution in [3.8, 4) is 0 Å². The Hall–Kier alpha value is -2.59. The maximum atomic E-state index is 13.1. The Labute approximate surface area is 161 Å². The van der Waals surface area contributed by atoms with E-state index >= 15 is 0 Å². The first-order valence-corrected chi connectivity index (χ1v) is 8.83. The molecular weight excluding hydrogens is 404 g/mol. The third kappa shape index (κ3) is 4.54. The van der Waals surface area contributed by atoms with Crippen molar-refractivity contribution >= 4 is 5.91 Å². The highest BCUT2D eigenvalue weighted by Crippen LogP contribution is 2.38. The average Bonchev–Trinajstić information content (AvgIpc) is 3.08. The van der Waals surface area contributed by atoms with E-state index in [0.29, 0.717) is 37.8 Å². The molecule has 0 atom stereocenters. The topological polar surface area (TPSA) is 68.0 Å². The van der Waals surface area contributed by atoms with Crippen LogP contribution in [0.5, 0.6) is 0 Å². The zero-order valence-electron chi connectivity index (χ0n) is 15.2. The summed E-state index contributed by atoms with van der Waals surface area (Å²) in [4.78, 5) is 16.8. The van der Waals surface area contributed by atoms with Crippen LogP contribution in [0.2, 0.25) is 0 Å². The molecule has 5 nitrogen and oxygen atoms in total. The molecule has 0 unspecified atom stereocenters. The number of amides is 1. The van der Waals surface area contributed by atoms with Crippen LogP contribution in [0, 0.1) is 6.92 Å². The second kappa shape index (κ2) is 7.34. The number of nitrogens with zero attached hydrogens (tertiary/aromatic N) is 2. The van der Waals surface area contributed by atoms with E-state index in [-0.39, 0.29) is 17.8 Å². The molecule has 1 aromatic heterocycles. The van der Waals surface area contributed by atoms with Crippen LogP contribution in [-0.2, 0) is 17.9 Å². The lowest BCUT2D eigenvalue weighted by molar-refractivity contribution is -0.143. The maximum Gasteiger partial charge on any atom is 0.416 e. The van der Waals surface area contributed by atoms with Crippen LogP contribution in [0.4, 0.5) is 26.3 Å². The van der Waals surface area contributed by atoms with E-state index in [9.17, 15) is 31.1 Å². The number of aromatic nitrogens is 2. The quantitative estimate of drug-likeness (QED) is 0.708. The van der Waals surface area contributed by atoms with Gasteiger partial charge in [-0.1, -0.05) is 24.4 Å². The van der Waals surface area contributed by atoms with Crippen LogP contribution in [0.1, 0.15) is 65.3 Å². The number of alkyl halides is 6. The zero-order valence-corrected chi connectivity index (χ0v) is 15.2. The van der Waals surface area contributed by atoms with E-state index in [2.05, 4.69) is 15.5 Å². The van der Waals surface area contributed by atoms with E-state index in [1.807, 2.05) is 0 Å². The number of hydrogen-bond acceptors (Lipinski definition) is 4. The lowest BCUT2D eigenvalue weighted by Crippen LogP contribution is -2.48. The molecule has 0 radical (unpaired) electrons. The summed E-state index contributed by atoms with van der Waals surface area (Å²) in [5, 5.41) is 6.39. The Morgan fingerprint density at radius 3 is 2.00 bits per heavy atom.